The molecule has 0 bridgehead atoms. The van der Waals surface area contributed by atoms with Crippen LogP contribution in [-0.4, -0.2) is 19.9 Å². The van der Waals surface area contributed by atoms with Crippen molar-refractivity contribution in [2.75, 3.05) is 9.66 Å². The first kappa shape index (κ1) is 11.8. The molecule has 8 heteroatoms. The number of nitrogen functional groups attached to an aromatic ring is 1. The van der Waals surface area contributed by atoms with Gasteiger partial charge in [0.15, 0.2) is 11.5 Å². The minimum Gasteiger partial charge on any atom is -0.368 e. The number of halogens is 2. The predicted molar refractivity (Wildman–Crippen MR) is 73.6 cm³/mol. The van der Waals surface area contributed by atoms with E-state index in [0.29, 0.717) is 22.7 Å². The lowest BCUT2D eigenvalue weighted by Crippen LogP contribution is -2.07. The molecule has 19 heavy (non-hydrogen) atoms. The highest BCUT2D eigenvalue weighted by Gasteiger charge is 2.15. The second-order valence-electron chi connectivity index (χ2n) is 3.77. The fraction of sp³-hybridized carbons (Fsp3) is 0. The van der Waals surface area contributed by atoms with Gasteiger partial charge in [-0.25, -0.2) is 9.37 Å². The highest BCUT2D eigenvalue weighted by molar-refractivity contribution is 9.10. The summed E-state index contributed by atoms with van der Waals surface area (Å²) < 4.78 is 14.8. The van der Waals surface area contributed by atoms with Gasteiger partial charge in [-0.2, -0.15) is 9.97 Å². The van der Waals surface area contributed by atoms with E-state index in [0.717, 1.165) is 0 Å². The van der Waals surface area contributed by atoms with Crippen LogP contribution in [0.4, 0.5) is 21.8 Å². The molecule has 3 aromatic rings. The van der Waals surface area contributed by atoms with E-state index < -0.39 is 0 Å². The largest absolute Gasteiger partial charge is 0.368 e. The van der Waals surface area contributed by atoms with Gasteiger partial charge in [0.1, 0.15) is 11.3 Å². The Bertz CT molecular complexity index is 743. The van der Waals surface area contributed by atoms with Gasteiger partial charge in [-0.1, -0.05) is 6.07 Å². The molecule has 0 spiro atoms. The Kier molecular flexibility index (Phi) is 2.79. The van der Waals surface area contributed by atoms with Gasteiger partial charge >= 0.3 is 0 Å². The van der Waals surface area contributed by atoms with Crippen LogP contribution < -0.4 is 9.66 Å². The molecule has 0 unspecified atom stereocenters. The Morgan fingerprint density at radius 2 is 2.16 bits per heavy atom. The molecule has 2 heterocycles. The van der Waals surface area contributed by atoms with Crippen LogP contribution in [0.2, 0.25) is 0 Å². The summed E-state index contributed by atoms with van der Waals surface area (Å²) in [6.45, 7) is 0. The molecule has 0 radical (unpaired) electrons. The number of aromatic amines is 1. The number of hydrogen-bond donors (Lipinski definition) is 2. The van der Waals surface area contributed by atoms with Crippen LogP contribution in [0.1, 0.15) is 0 Å². The summed E-state index contributed by atoms with van der Waals surface area (Å²) in [6.07, 6.45) is 1.49. The molecule has 1 aromatic carbocycles. The average Bonchev–Trinajstić information content (AvgIpc) is 2.85. The number of nitrogens with one attached hydrogen (secondary N) is 1. The van der Waals surface area contributed by atoms with Crippen molar-refractivity contribution in [3.8, 4) is 0 Å². The fourth-order valence-corrected chi connectivity index (χ4v) is 2.17. The molecular formula is C11H8BrFN6. The van der Waals surface area contributed by atoms with Crippen LogP contribution in [0.15, 0.2) is 30.6 Å². The van der Waals surface area contributed by atoms with E-state index in [-0.39, 0.29) is 11.8 Å². The first-order chi connectivity index (χ1) is 9.15. The summed E-state index contributed by atoms with van der Waals surface area (Å²) in [6, 6.07) is 6.08. The highest BCUT2D eigenvalue weighted by atomic mass is 79.9. The molecule has 0 saturated carbocycles. The standard InChI is InChI=1S/C11H8BrFN6/c12-19(7-3-1-2-6(13)4-7)10-8-9(16-5-15-8)17-11(14)18-10/h1-5H,(H3,14,15,16,17,18). The van der Waals surface area contributed by atoms with Crippen molar-refractivity contribution < 1.29 is 4.39 Å². The van der Waals surface area contributed by atoms with E-state index in [1.165, 1.54) is 22.4 Å². The van der Waals surface area contributed by atoms with Gasteiger partial charge in [0.2, 0.25) is 5.95 Å². The maximum Gasteiger partial charge on any atom is 0.224 e. The summed E-state index contributed by atoms with van der Waals surface area (Å²) in [5, 5.41) is 0. The topological polar surface area (TPSA) is 83.7 Å². The highest BCUT2D eigenvalue weighted by Crippen LogP contribution is 2.32. The minimum atomic E-state index is -0.343. The summed E-state index contributed by atoms with van der Waals surface area (Å²) in [5.74, 6) is 0.214. The number of aromatic nitrogens is 4. The van der Waals surface area contributed by atoms with Gasteiger partial charge in [0.05, 0.1) is 28.2 Å². The summed E-state index contributed by atoms with van der Waals surface area (Å²) >= 11 is 3.34. The molecule has 0 aliphatic heterocycles. The molecule has 6 nitrogen and oxygen atoms in total. The van der Waals surface area contributed by atoms with Crippen molar-refractivity contribution in [2.45, 2.75) is 0 Å². The van der Waals surface area contributed by atoms with Crippen molar-refractivity contribution in [1.29, 1.82) is 0 Å². The molecule has 0 amide bonds. The van der Waals surface area contributed by atoms with Gasteiger partial charge in [-0.3, -0.25) is 3.93 Å². The first-order valence-electron chi connectivity index (χ1n) is 5.33. The summed E-state index contributed by atoms with van der Waals surface area (Å²) in [4.78, 5) is 15.1. The van der Waals surface area contributed by atoms with E-state index in [1.54, 1.807) is 12.1 Å². The quantitative estimate of drug-likeness (QED) is 0.708. The third kappa shape index (κ3) is 2.10. The SMILES string of the molecule is Nc1nc(N(Br)c2cccc(F)c2)c2[nH]cnc2n1. The number of fused-ring (bicyclic) bond motifs is 1. The lowest BCUT2D eigenvalue weighted by atomic mass is 10.3. The second-order valence-corrected chi connectivity index (χ2v) is 4.48. The van der Waals surface area contributed by atoms with Crippen molar-refractivity contribution in [1.82, 2.24) is 19.9 Å². The molecule has 2 aromatic heterocycles. The second kappa shape index (κ2) is 4.47. The number of H-pyrrole nitrogens is 1. The van der Waals surface area contributed by atoms with Crippen LogP contribution in [0.25, 0.3) is 11.2 Å². The molecule has 0 aliphatic rings. The van der Waals surface area contributed by atoms with Crippen molar-refractivity contribution >= 4 is 44.8 Å². The molecular weight excluding hydrogens is 315 g/mol. The normalized spacial score (nSPS) is 10.8. The molecule has 0 fully saturated rings. The van der Waals surface area contributed by atoms with Crippen molar-refractivity contribution in [3.05, 3.63) is 36.4 Å². The zero-order chi connectivity index (χ0) is 13.4. The van der Waals surface area contributed by atoms with Crippen LogP contribution >= 0.6 is 16.1 Å². The van der Waals surface area contributed by atoms with Crippen molar-refractivity contribution in [3.63, 3.8) is 0 Å². The van der Waals surface area contributed by atoms with Crippen molar-refractivity contribution in [2.24, 2.45) is 0 Å². The molecule has 96 valence electrons. The Hall–Kier alpha value is -2.22. The minimum absolute atomic E-state index is 0.0930. The average molecular weight is 323 g/mol. The zero-order valence-electron chi connectivity index (χ0n) is 9.51. The van der Waals surface area contributed by atoms with E-state index >= 15 is 0 Å². The van der Waals surface area contributed by atoms with E-state index in [9.17, 15) is 4.39 Å². The van der Waals surface area contributed by atoms with E-state index in [1.807, 2.05) is 0 Å². The van der Waals surface area contributed by atoms with Gasteiger partial charge in [0, 0.05) is 0 Å². The Morgan fingerprint density at radius 1 is 1.32 bits per heavy atom. The summed E-state index contributed by atoms with van der Waals surface area (Å²) in [5.41, 5.74) is 7.26. The molecule has 0 atom stereocenters. The number of rotatable bonds is 2. The molecule has 3 N–H and O–H groups in total. The lowest BCUT2D eigenvalue weighted by Gasteiger charge is -2.16. The lowest BCUT2D eigenvalue weighted by molar-refractivity contribution is 0.628. The third-order valence-electron chi connectivity index (χ3n) is 2.50. The van der Waals surface area contributed by atoms with E-state index in [2.05, 4.69) is 36.1 Å². The van der Waals surface area contributed by atoms with Gasteiger partial charge < -0.3 is 10.7 Å². The number of imidazole rings is 1. The fourth-order valence-electron chi connectivity index (χ4n) is 1.70. The number of nitrogens with two attached hydrogens (primary N) is 1. The smallest absolute Gasteiger partial charge is 0.224 e. The Morgan fingerprint density at radius 3 is 2.95 bits per heavy atom. The zero-order valence-corrected chi connectivity index (χ0v) is 11.1. The van der Waals surface area contributed by atoms with Crippen LogP contribution in [0.5, 0.6) is 0 Å². The predicted octanol–water partition coefficient (Wildman–Crippen LogP) is 2.52. The number of benzene rings is 1. The van der Waals surface area contributed by atoms with Gasteiger partial charge in [-0.05, 0) is 18.2 Å². The number of hydrogen-bond acceptors (Lipinski definition) is 5. The van der Waals surface area contributed by atoms with Crippen LogP contribution in [0, 0.1) is 5.82 Å². The first-order valence-corrected chi connectivity index (χ1v) is 6.04. The maximum absolute atomic E-state index is 13.3. The van der Waals surface area contributed by atoms with Gasteiger partial charge in [0.25, 0.3) is 0 Å². The molecule has 0 aliphatic carbocycles. The maximum atomic E-state index is 13.3. The van der Waals surface area contributed by atoms with E-state index in [4.69, 9.17) is 5.73 Å². The number of nitrogens with zero attached hydrogens (tertiary/aromatic N) is 4. The Balaban J connectivity index is 2.15. The number of anilines is 3. The van der Waals surface area contributed by atoms with Gasteiger partial charge in [-0.15, -0.1) is 0 Å². The molecule has 0 saturated heterocycles. The molecule has 3 rings (SSSR count). The Labute approximate surface area is 115 Å². The monoisotopic (exact) mass is 322 g/mol. The third-order valence-corrected chi connectivity index (χ3v) is 3.25. The van der Waals surface area contributed by atoms with Crippen LogP contribution in [-0.2, 0) is 0 Å². The summed E-state index contributed by atoms with van der Waals surface area (Å²) in [7, 11) is 0. The van der Waals surface area contributed by atoms with Crippen LogP contribution in [0.3, 0.4) is 0 Å².